The fourth-order valence-corrected chi connectivity index (χ4v) is 1.99. The van der Waals surface area contributed by atoms with Crippen molar-refractivity contribution in [3.05, 3.63) is 23.8 Å². The molecule has 2 rings (SSSR count). The van der Waals surface area contributed by atoms with Gasteiger partial charge in [0, 0.05) is 6.07 Å². The molecule has 0 radical (unpaired) electrons. The average Bonchev–Trinajstić information content (AvgIpc) is 2.53. The maximum atomic E-state index is 12.3. The number of hydrogen-bond donors (Lipinski definition) is 4. The van der Waals surface area contributed by atoms with Crippen LogP contribution in [0.2, 0.25) is 0 Å². The highest BCUT2D eigenvalue weighted by atomic mass is 16.5. The third-order valence-corrected chi connectivity index (χ3v) is 3.04. The molecule has 1 heterocycles. The Bertz CT molecular complexity index is 629. The fraction of sp³-hybridized carbons (Fsp3) is 0.308. The molecular weight excluding hydrogens is 308 g/mol. The Morgan fingerprint density at radius 2 is 1.65 bits per heavy atom. The summed E-state index contributed by atoms with van der Waals surface area (Å²) in [6.07, 6.45) is -1.78. The van der Waals surface area contributed by atoms with Crippen LogP contribution in [0.1, 0.15) is 10.4 Å². The normalized spacial score (nSPS) is 14.5. The van der Waals surface area contributed by atoms with Gasteiger partial charge < -0.3 is 19.5 Å². The highest BCUT2D eigenvalue weighted by Gasteiger charge is 2.41. The van der Waals surface area contributed by atoms with E-state index < -0.39 is 24.0 Å². The number of carbonyl (C=O) groups excluding carboxylic acids is 3. The first kappa shape index (κ1) is 16.2. The number of fused-ring (bicyclic) bond motifs is 1. The quantitative estimate of drug-likeness (QED) is 0.584. The minimum absolute atomic E-state index is 0.305. The van der Waals surface area contributed by atoms with Gasteiger partial charge in [0.1, 0.15) is 5.75 Å². The molecule has 0 bridgehead atoms. The molecule has 1 aliphatic rings. The standard InChI is InChI=1S/C13H16N4O6/c1-21-7-4-5-8-9(6-7)14-13(15-10(8)18,16-11(19)22-2)17-12(20)23-3/h4-6,14H,1-3H3,(H,15,18)(H,16,19)(H,17,20). The van der Waals surface area contributed by atoms with E-state index in [-0.39, 0.29) is 0 Å². The van der Waals surface area contributed by atoms with Crippen LogP contribution in [0.5, 0.6) is 5.75 Å². The number of alkyl carbamates (subject to hydrolysis) is 2. The lowest BCUT2D eigenvalue weighted by molar-refractivity contribution is 0.0829. The minimum atomic E-state index is -1.82. The van der Waals surface area contributed by atoms with Gasteiger partial charge in [-0.15, -0.1) is 0 Å². The van der Waals surface area contributed by atoms with Gasteiger partial charge in [0.05, 0.1) is 32.6 Å². The average molecular weight is 324 g/mol. The highest BCUT2D eigenvalue weighted by molar-refractivity contribution is 6.03. The van der Waals surface area contributed by atoms with Crippen molar-refractivity contribution in [3.8, 4) is 5.75 Å². The summed E-state index contributed by atoms with van der Waals surface area (Å²) in [6.45, 7) is 0. The Kier molecular flexibility index (Phi) is 4.44. The SMILES string of the molecule is COC(=O)NC1(NC(=O)OC)NC(=O)c2ccc(OC)cc2N1. The predicted octanol–water partition coefficient (Wildman–Crippen LogP) is 0.174. The zero-order valence-corrected chi connectivity index (χ0v) is 12.7. The first-order chi connectivity index (χ1) is 10.9. The van der Waals surface area contributed by atoms with Crippen molar-refractivity contribution in [1.29, 1.82) is 0 Å². The lowest BCUT2D eigenvalue weighted by atomic mass is 10.1. The minimum Gasteiger partial charge on any atom is -0.497 e. The molecule has 0 spiro atoms. The highest BCUT2D eigenvalue weighted by Crippen LogP contribution is 2.27. The van der Waals surface area contributed by atoms with Crippen molar-refractivity contribution in [2.75, 3.05) is 26.6 Å². The largest absolute Gasteiger partial charge is 0.497 e. The number of methoxy groups -OCH3 is 3. The fourth-order valence-electron chi connectivity index (χ4n) is 1.99. The number of rotatable bonds is 3. The van der Waals surface area contributed by atoms with Crippen LogP contribution in [-0.4, -0.2) is 45.3 Å². The number of hydrogen-bond acceptors (Lipinski definition) is 7. The Morgan fingerprint density at radius 1 is 1.04 bits per heavy atom. The number of benzene rings is 1. The van der Waals surface area contributed by atoms with Gasteiger partial charge in [-0.25, -0.2) is 9.59 Å². The van der Waals surface area contributed by atoms with Gasteiger partial charge in [0.25, 0.3) is 11.8 Å². The molecule has 10 heteroatoms. The topological polar surface area (TPSA) is 127 Å². The van der Waals surface area contributed by atoms with Crippen LogP contribution in [0, 0.1) is 0 Å². The van der Waals surface area contributed by atoms with Crippen LogP contribution < -0.4 is 26.0 Å². The molecule has 0 fully saturated rings. The van der Waals surface area contributed by atoms with Crippen molar-refractivity contribution in [2.45, 2.75) is 5.91 Å². The molecule has 0 saturated heterocycles. The number of nitrogens with one attached hydrogen (secondary N) is 4. The molecule has 0 saturated carbocycles. The van der Waals surface area contributed by atoms with E-state index in [2.05, 4.69) is 30.7 Å². The Balaban J connectivity index is 2.40. The zero-order valence-electron chi connectivity index (χ0n) is 12.7. The maximum absolute atomic E-state index is 12.3. The van der Waals surface area contributed by atoms with Gasteiger partial charge in [-0.2, -0.15) is 0 Å². The summed E-state index contributed by atoms with van der Waals surface area (Å²) in [5.41, 5.74) is 0.640. The molecule has 0 aromatic heterocycles. The van der Waals surface area contributed by atoms with Gasteiger partial charge in [-0.05, 0) is 12.1 Å². The van der Waals surface area contributed by atoms with Gasteiger partial charge >= 0.3 is 12.2 Å². The summed E-state index contributed by atoms with van der Waals surface area (Å²) in [6, 6.07) is 4.69. The molecule has 124 valence electrons. The molecule has 1 aromatic carbocycles. The molecule has 3 amide bonds. The third kappa shape index (κ3) is 3.36. The van der Waals surface area contributed by atoms with Crippen molar-refractivity contribution in [1.82, 2.24) is 16.0 Å². The van der Waals surface area contributed by atoms with E-state index >= 15 is 0 Å². The lowest BCUT2D eigenvalue weighted by Crippen LogP contribution is -2.76. The molecule has 23 heavy (non-hydrogen) atoms. The van der Waals surface area contributed by atoms with Crippen LogP contribution in [0.15, 0.2) is 18.2 Å². The van der Waals surface area contributed by atoms with E-state index in [1.54, 1.807) is 12.1 Å². The monoisotopic (exact) mass is 324 g/mol. The van der Waals surface area contributed by atoms with Gasteiger partial charge in [0.15, 0.2) is 0 Å². The first-order valence-electron chi connectivity index (χ1n) is 6.44. The van der Waals surface area contributed by atoms with Crippen molar-refractivity contribution in [3.63, 3.8) is 0 Å². The van der Waals surface area contributed by atoms with E-state index in [9.17, 15) is 14.4 Å². The van der Waals surface area contributed by atoms with Gasteiger partial charge in [0.2, 0.25) is 0 Å². The van der Waals surface area contributed by atoms with Crippen molar-refractivity contribution < 1.29 is 28.6 Å². The van der Waals surface area contributed by atoms with Crippen LogP contribution in [0.4, 0.5) is 15.3 Å². The summed E-state index contributed by atoms with van der Waals surface area (Å²) in [5, 5.41) is 9.85. The molecule has 4 N–H and O–H groups in total. The maximum Gasteiger partial charge on any atom is 0.411 e. The van der Waals surface area contributed by atoms with E-state index in [1.807, 2.05) is 0 Å². The van der Waals surface area contributed by atoms with Crippen LogP contribution in [0.25, 0.3) is 0 Å². The molecular formula is C13H16N4O6. The number of amides is 3. The van der Waals surface area contributed by atoms with E-state index in [0.717, 1.165) is 14.2 Å². The molecule has 0 aliphatic carbocycles. The van der Waals surface area contributed by atoms with E-state index in [1.165, 1.54) is 13.2 Å². The second-order valence-electron chi connectivity index (χ2n) is 4.47. The van der Waals surface area contributed by atoms with Crippen LogP contribution in [-0.2, 0) is 9.47 Å². The number of ether oxygens (including phenoxy) is 3. The summed E-state index contributed by atoms with van der Waals surface area (Å²) in [4.78, 5) is 35.4. The summed E-state index contributed by atoms with van der Waals surface area (Å²) >= 11 is 0. The molecule has 10 nitrogen and oxygen atoms in total. The smallest absolute Gasteiger partial charge is 0.411 e. The van der Waals surface area contributed by atoms with Gasteiger partial charge in [-0.3, -0.25) is 20.7 Å². The Morgan fingerprint density at radius 3 is 2.17 bits per heavy atom. The number of carbonyl (C=O) groups is 3. The van der Waals surface area contributed by atoms with E-state index in [4.69, 9.17) is 4.74 Å². The first-order valence-corrected chi connectivity index (χ1v) is 6.44. The molecule has 1 aromatic rings. The Labute approximate surface area is 131 Å². The van der Waals surface area contributed by atoms with Crippen LogP contribution >= 0.6 is 0 Å². The predicted molar refractivity (Wildman–Crippen MR) is 77.9 cm³/mol. The van der Waals surface area contributed by atoms with Crippen molar-refractivity contribution in [2.24, 2.45) is 0 Å². The zero-order chi connectivity index (χ0) is 17.0. The molecule has 1 aliphatic heterocycles. The molecule has 0 unspecified atom stereocenters. The Hall–Kier alpha value is -3.17. The van der Waals surface area contributed by atoms with Crippen molar-refractivity contribution >= 4 is 23.8 Å². The summed E-state index contributed by atoms with van der Waals surface area (Å²) in [5.74, 6) is -1.87. The third-order valence-electron chi connectivity index (χ3n) is 3.04. The summed E-state index contributed by atoms with van der Waals surface area (Å²) < 4.78 is 14.1. The lowest BCUT2D eigenvalue weighted by Gasteiger charge is -2.39. The second kappa shape index (κ2) is 6.30. The second-order valence-corrected chi connectivity index (χ2v) is 4.47. The van der Waals surface area contributed by atoms with E-state index in [0.29, 0.717) is 17.0 Å². The van der Waals surface area contributed by atoms with Crippen LogP contribution in [0.3, 0.4) is 0 Å². The van der Waals surface area contributed by atoms with Gasteiger partial charge in [-0.1, -0.05) is 0 Å². The number of anilines is 1. The molecule has 0 atom stereocenters. The summed E-state index contributed by atoms with van der Waals surface area (Å²) in [7, 11) is 3.75.